The van der Waals surface area contributed by atoms with Crippen LogP contribution in [0.5, 0.6) is 5.75 Å². The summed E-state index contributed by atoms with van der Waals surface area (Å²) in [6.07, 6.45) is 0.0630. The first-order valence-corrected chi connectivity index (χ1v) is 8.34. The first kappa shape index (κ1) is 17.4. The Morgan fingerprint density at radius 2 is 1.65 bits per heavy atom. The van der Waals surface area contributed by atoms with Crippen LogP contribution in [0.3, 0.4) is 0 Å². The van der Waals surface area contributed by atoms with Crippen LogP contribution in [0.25, 0.3) is 0 Å². The number of carbonyl (C=O) groups is 1. The maximum Gasteiger partial charge on any atom is 0.276 e. The van der Waals surface area contributed by atoms with Gasteiger partial charge >= 0.3 is 0 Å². The molecule has 0 unspecified atom stereocenters. The normalized spacial score (nSPS) is 10.4. The van der Waals surface area contributed by atoms with E-state index in [9.17, 15) is 4.79 Å². The molecule has 0 bridgehead atoms. The Hall–Kier alpha value is -3.41. The van der Waals surface area contributed by atoms with E-state index in [1.54, 1.807) is 12.1 Å². The van der Waals surface area contributed by atoms with E-state index < -0.39 is 0 Å². The molecule has 0 atom stereocenters. The lowest BCUT2D eigenvalue weighted by Crippen LogP contribution is -2.14. The van der Waals surface area contributed by atoms with Crippen LogP contribution in [-0.4, -0.2) is 22.2 Å². The van der Waals surface area contributed by atoms with E-state index in [2.05, 4.69) is 20.8 Å². The molecule has 0 saturated heterocycles. The van der Waals surface area contributed by atoms with E-state index in [0.717, 1.165) is 11.4 Å². The zero-order chi connectivity index (χ0) is 18.4. The molecule has 1 amide bonds. The average Bonchev–Trinajstić information content (AvgIpc) is 2.64. The monoisotopic (exact) mass is 348 g/mol. The standard InChI is InChI=1S/C20H20N4O2/c1-14(2)26-18-11-7-6-10-16(18)22-19-13-12-17(23-24-19)20(25)21-15-8-4-3-5-9-15/h3-14H,1-2H3,(H,21,25)(H,22,24). The molecule has 2 aromatic carbocycles. The van der Waals surface area contributed by atoms with Crippen LogP contribution in [0, 0.1) is 0 Å². The Balaban J connectivity index is 1.69. The first-order chi connectivity index (χ1) is 12.6. The van der Waals surface area contributed by atoms with Gasteiger partial charge in [-0.2, -0.15) is 0 Å². The smallest absolute Gasteiger partial charge is 0.276 e. The Morgan fingerprint density at radius 3 is 2.35 bits per heavy atom. The van der Waals surface area contributed by atoms with Gasteiger partial charge in [0.05, 0.1) is 11.8 Å². The quantitative estimate of drug-likeness (QED) is 0.696. The van der Waals surface area contributed by atoms with Gasteiger partial charge in [-0.1, -0.05) is 30.3 Å². The van der Waals surface area contributed by atoms with E-state index >= 15 is 0 Å². The SMILES string of the molecule is CC(C)Oc1ccccc1Nc1ccc(C(=O)Nc2ccccc2)nn1. The molecule has 0 aliphatic heterocycles. The van der Waals surface area contributed by atoms with Gasteiger partial charge in [0.25, 0.3) is 5.91 Å². The van der Waals surface area contributed by atoms with Gasteiger partial charge < -0.3 is 15.4 Å². The maximum absolute atomic E-state index is 12.2. The van der Waals surface area contributed by atoms with Gasteiger partial charge in [-0.05, 0) is 50.2 Å². The number of amides is 1. The molecule has 0 aliphatic rings. The topological polar surface area (TPSA) is 76.1 Å². The second kappa shape index (κ2) is 8.11. The highest BCUT2D eigenvalue weighted by atomic mass is 16.5. The van der Waals surface area contributed by atoms with Gasteiger partial charge in [-0.3, -0.25) is 4.79 Å². The molecule has 0 fully saturated rings. The number of para-hydroxylation sites is 3. The minimum absolute atomic E-state index is 0.0630. The van der Waals surface area contributed by atoms with Gasteiger partial charge in [-0.25, -0.2) is 0 Å². The Morgan fingerprint density at radius 1 is 0.923 bits per heavy atom. The predicted octanol–water partition coefficient (Wildman–Crippen LogP) is 4.26. The highest BCUT2D eigenvalue weighted by Crippen LogP contribution is 2.27. The van der Waals surface area contributed by atoms with E-state index in [1.807, 2.05) is 68.4 Å². The molecule has 3 rings (SSSR count). The van der Waals surface area contributed by atoms with E-state index in [1.165, 1.54) is 0 Å². The van der Waals surface area contributed by atoms with E-state index in [0.29, 0.717) is 11.5 Å². The minimum Gasteiger partial charge on any atom is -0.489 e. The summed E-state index contributed by atoms with van der Waals surface area (Å²) in [6, 6.07) is 20.1. The zero-order valence-electron chi connectivity index (χ0n) is 14.6. The number of rotatable bonds is 6. The number of hydrogen-bond acceptors (Lipinski definition) is 5. The summed E-state index contributed by atoms with van der Waals surface area (Å²) in [5.74, 6) is 0.954. The van der Waals surface area contributed by atoms with Crippen molar-refractivity contribution in [1.29, 1.82) is 0 Å². The van der Waals surface area contributed by atoms with Crippen molar-refractivity contribution >= 4 is 23.1 Å². The lowest BCUT2D eigenvalue weighted by Gasteiger charge is -2.14. The van der Waals surface area contributed by atoms with Crippen LogP contribution < -0.4 is 15.4 Å². The Kier molecular flexibility index (Phi) is 5.43. The molecule has 1 heterocycles. The fourth-order valence-electron chi connectivity index (χ4n) is 2.30. The van der Waals surface area contributed by atoms with Crippen molar-refractivity contribution in [3.05, 3.63) is 72.4 Å². The fraction of sp³-hybridized carbons (Fsp3) is 0.150. The number of anilines is 3. The zero-order valence-corrected chi connectivity index (χ0v) is 14.6. The molecule has 2 N–H and O–H groups in total. The summed E-state index contributed by atoms with van der Waals surface area (Å²) in [5, 5.41) is 14.0. The molecule has 0 spiro atoms. The molecule has 6 heteroatoms. The van der Waals surface area contributed by atoms with Crippen LogP contribution in [0.2, 0.25) is 0 Å². The van der Waals surface area contributed by atoms with Crippen LogP contribution in [0.4, 0.5) is 17.2 Å². The van der Waals surface area contributed by atoms with E-state index in [-0.39, 0.29) is 17.7 Å². The van der Waals surface area contributed by atoms with Crippen molar-refractivity contribution in [2.45, 2.75) is 20.0 Å². The molecule has 1 aromatic heterocycles. The van der Waals surface area contributed by atoms with Crippen LogP contribution >= 0.6 is 0 Å². The summed E-state index contributed by atoms with van der Waals surface area (Å²) in [6.45, 7) is 3.94. The number of ether oxygens (including phenoxy) is 1. The second-order valence-electron chi connectivity index (χ2n) is 5.91. The minimum atomic E-state index is -0.307. The van der Waals surface area contributed by atoms with Crippen molar-refractivity contribution in [2.24, 2.45) is 0 Å². The number of nitrogens with zero attached hydrogens (tertiary/aromatic N) is 2. The Bertz CT molecular complexity index is 864. The van der Waals surface area contributed by atoms with Gasteiger partial charge in [0, 0.05) is 5.69 Å². The lowest BCUT2D eigenvalue weighted by atomic mass is 10.2. The van der Waals surface area contributed by atoms with Gasteiger partial charge in [-0.15, -0.1) is 10.2 Å². The molecular formula is C20H20N4O2. The number of nitrogens with one attached hydrogen (secondary N) is 2. The second-order valence-corrected chi connectivity index (χ2v) is 5.91. The van der Waals surface area contributed by atoms with Crippen molar-refractivity contribution in [2.75, 3.05) is 10.6 Å². The number of aromatic nitrogens is 2. The Labute approximate surface area is 152 Å². The average molecular weight is 348 g/mol. The largest absolute Gasteiger partial charge is 0.489 e. The third-order valence-electron chi connectivity index (χ3n) is 3.44. The number of carbonyl (C=O) groups excluding carboxylic acids is 1. The number of hydrogen-bond donors (Lipinski definition) is 2. The molecular weight excluding hydrogens is 328 g/mol. The van der Waals surface area contributed by atoms with Gasteiger partial charge in [0.2, 0.25) is 0 Å². The predicted molar refractivity (Wildman–Crippen MR) is 102 cm³/mol. The van der Waals surface area contributed by atoms with Crippen LogP contribution in [0.1, 0.15) is 24.3 Å². The summed E-state index contributed by atoms with van der Waals surface area (Å²) in [5.41, 5.74) is 1.74. The fourth-order valence-corrected chi connectivity index (χ4v) is 2.30. The highest BCUT2D eigenvalue weighted by Gasteiger charge is 2.10. The van der Waals surface area contributed by atoms with Crippen molar-refractivity contribution in [3.8, 4) is 5.75 Å². The molecule has 0 aliphatic carbocycles. The van der Waals surface area contributed by atoms with Gasteiger partial charge in [0.1, 0.15) is 5.75 Å². The summed E-state index contributed by atoms with van der Waals surface area (Å²) in [4.78, 5) is 12.2. The van der Waals surface area contributed by atoms with Gasteiger partial charge in [0.15, 0.2) is 11.5 Å². The van der Waals surface area contributed by atoms with Crippen molar-refractivity contribution in [1.82, 2.24) is 10.2 Å². The lowest BCUT2D eigenvalue weighted by molar-refractivity contribution is 0.102. The molecule has 26 heavy (non-hydrogen) atoms. The molecule has 132 valence electrons. The molecule has 0 saturated carbocycles. The van der Waals surface area contributed by atoms with Crippen molar-refractivity contribution in [3.63, 3.8) is 0 Å². The molecule has 3 aromatic rings. The molecule has 6 nitrogen and oxygen atoms in total. The summed E-state index contributed by atoms with van der Waals surface area (Å²) in [7, 11) is 0. The van der Waals surface area contributed by atoms with Crippen LogP contribution in [-0.2, 0) is 0 Å². The third kappa shape index (κ3) is 4.57. The number of benzene rings is 2. The maximum atomic E-state index is 12.2. The van der Waals surface area contributed by atoms with Crippen molar-refractivity contribution < 1.29 is 9.53 Å². The van der Waals surface area contributed by atoms with E-state index in [4.69, 9.17) is 4.74 Å². The van der Waals surface area contributed by atoms with Crippen LogP contribution in [0.15, 0.2) is 66.7 Å². The summed E-state index contributed by atoms with van der Waals surface area (Å²) < 4.78 is 5.77. The highest BCUT2D eigenvalue weighted by molar-refractivity contribution is 6.02. The summed E-state index contributed by atoms with van der Waals surface area (Å²) >= 11 is 0. The third-order valence-corrected chi connectivity index (χ3v) is 3.44. The first-order valence-electron chi connectivity index (χ1n) is 8.34. The molecule has 0 radical (unpaired) electrons.